The molecule has 0 saturated carbocycles. The number of halogens is 1. The van der Waals surface area contributed by atoms with Crippen LogP contribution >= 0.6 is 15.9 Å². The highest BCUT2D eigenvalue weighted by Crippen LogP contribution is 2.27. The second kappa shape index (κ2) is 8.09. The van der Waals surface area contributed by atoms with E-state index in [1.165, 1.54) is 4.31 Å². The Morgan fingerprint density at radius 1 is 1.14 bits per heavy atom. The van der Waals surface area contributed by atoms with Crippen LogP contribution in [0.4, 0.5) is 6.01 Å². The number of anilines is 1. The number of hydrogen-bond donors (Lipinski definition) is 1. The van der Waals surface area contributed by atoms with E-state index in [-0.39, 0.29) is 29.3 Å². The van der Waals surface area contributed by atoms with Crippen molar-refractivity contribution in [1.82, 2.24) is 14.5 Å². The molecule has 9 nitrogen and oxygen atoms in total. The number of rotatable bonds is 5. The first kappa shape index (κ1) is 19.8. The average molecular weight is 481 g/mol. The molecule has 29 heavy (non-hydrogen) atoms. The van der Waals surface area contributed by atoms with E-state index in [1.54, 1.807) is 42.5 Å². The quantitative estimate of drug-likeness (QED) is 0.595. The van der Waals surface area contributed by atoms with Gasteiger partial charge in [-0.2, -0.15) is 4.31 Å². The molecule has 1 aliphatic heterocycles. The smallest absolute Gasteiger partial charge is 0.322 e. The van der Waals surface area contributed by atoms with Crippen LogP contribution in [-0.2, 0) is 14.8 Å². The van der Waals surface area contributed by atoms with Crippen molar-refractivity contribution in [2.24, 2.45) is 5.92 Å². The van der Waals surface area contributed by atoms with E-state index in [0.717, 1.165) is 0 Å². The zero-order valence-electron chi connectivity index (χ0n) is 15.1. The predicted molar refractivity (Wildman–Crippen MR) is 106 cm³/mol. The number of nitrogens with zero attached hydrogens (tertiary/aromatic N) is 3. The zero-order chi connectivity index (χ0) is 20.4. The topological polar surface area (TPSA) is 119 Å². The Balaban J connectivity index is 1.44. The molecule has 1 fully saturated rings. The Kier molecular flexibility index (Phi) is 5.52. The SMILES string of the molecule is O=C(Nc1nnc(-c2ccc(Br)o2)o1)C1CCCN(S(=O)(=O)c2ccccc2)C1. The standard InChI is InChI=1S/C18H17BrN4O5S/c19-15-9-8-14(27-15)17-21-22-18(28-17)20-16(24)12-5-4-10-23(11-12)29(25,26)13-6-2-1-3-7-13/h1-3,6-9,12H,4-5,10-11H2,(H,20,22,24). The third kappa shape index (κ3) is 4.26. The van der Waals surface area contributed by atoms with E-state index >= 15 is 0 Å². The third-order valence-corrected chi connectivity index (χ3v) is 6.88. The Morgan fingerprint density at radius 2 is 1.93 bits per heavy atom. The highest BCUT2D eigenvalue weighted by molar-refractivity contribution is 9.10. The van der Waals surface area contributed by atoms with Gasteiger partial charge in [0.2, 0.25) is 15.9 Å². The summed E-state index contributed by atoms with van der Waals surface area (Å²) in [7, 11) is -3.65. The van der Waals surface area contributed by atoms with E-state index in [0.29, 0.717) is 29.8 Å². The normalized spacial score (nSPS) is 17.9. The number of sulfonamides is 1. The molecule has 4 rings (SSSR count). The number of amides is 1. The van der Waals surface area contributed by atoms with E-state index in [1.807, 2.05) is 0 Å². The molecule has 0 spiro atoms. The van der Waals surface area contributed by atoms with Gasteiger partial charge in [0, 0.05) is 13.1 Å². The van der Waals surface area contributed by atoms with Gasteiger partial charge in [-0.15, -0.1) is 5.10 Å². The summed E-state index contributed by atoms with van der Waals surface area (Å²) in [5.74, 6) is -0.394. The average Bonchev–Trinajstić information content (AvgIpc) is 3.37. The molecule has 1 saturated heterocycles. The Hall–Kier alpha value is -2.50. The van der Waals surface area contributed by atoms with Crippen molar-refractivity contribution < 1.29 is 22.0 Å². The summed E-state index contributed by atoms with van der Waals surface area (Å²) < 4.78 is 38.2. The minimum Gasteiger partial charge on any atom is -0.444 e. The molecule has 0 aliphatic carbocycles. The maximum atomic E-state index is 12.8. The lowest BCUT2D eigenvalue weighted by atomic mass is 9.99. The predicted octanol–water partition coefficient (Wildman–Crippen LogP) is 3.13. The number of furan rings is 1. The van der Waals surface area contributed by atoms with Gasteiger partial charge in [0.1, 0.15) is 0 Å². The van der Waals surface area contributed by atoms with E-state index in [9.17, 15) is 13.2 Å². The third-order valence-electron chi connectivity index (χ3n) is 4.58. The molecule has 0 radical (unpaired) electrons. The first-order chi connectivity index (χ1) is 13.9. The van der Waals surface area contributed by atoms with Crippen molar-refractivity contribution in [3.05, 3.63) is 47.1 Å². The van der Waals surface area contributed by atoms with Crippen molar-refractivity contribution in [3.8, 4) is 11.7 Å². The second-order valence-corrected chi connectivity index (χ2v) is 9.24. The van der Waals surface area contributed by atoms with Crippen LogP contribution in [0.25, 0.3) is 11.7 Å². The monoisotopic (exact) mass is 480 g/mol. The van der Waals surface area contributed by atoms with Crippen LogP contribution in [-0.4, -0.2) is 41.9 Å². The van der Waals surface area contributed by atoms with Crippen molar-refractivity contribution in [2.45, 2.75) is 17.7 Å². The minimum atomic E-state index is -3.65. The van der Waals surface area contributed by atoms with Crippen LogP contribution in [0.15, 0.2) is 60.9 Å². The lowest BCUT2D eigenvalue weighted by Gasteiger charge is -2.30. The van der Waals surface area contributed by atoms with Crippen LogP contribution in [0.1, 0.15) is 12.8 Å². The molecule has 3 heterocycles. The Labute approximate surface area is 175 Å². The number of carbonyl (C=O) groups excluding carboxylic acids is 1. The van der Waals surface area contributed by atoms with Crippen molar-refractivity contribution in [2.75, 3.05) is 18.4 Å². The van der Waals surface area contributed by atoms with Gasteiger partial charge >= 0.3 is 6.01 Å². The zero-order valence-corrected chi connectivity index (χ0v) is 17.5. The summed E-state index contributed by atoms with van der Waals surface area (Å²) in [5.41, 5.74) is 0. The highest BCUT2D eigenvalue weighted by atomic mass is 79.9. The summed E-state index contributed by atoms with van der Waals surface area (Å²) >= 11 is 3.19. The molecular weight excluding hydrogens is 464 g/mol. The van der Waals surface area contributed by atoms with Gasteiger partial charge in [-0.1, -0.05) is 23.3 Å². The number of benzene rings is 1. The summed E-state index contributed by atoms with van der Waals surface area (Å²) in [6, 6.07) is 11.5. The van der Waals surface area contributed by atoms with Crippen molar-refractivity contribution in [1.29, 1.82) is 0 Å². The number of aromatic nitrogens is 2. The maximum Gasteiger partial charge on any atom is 0.322 e. The molecule has 3 aromatic rings. The van der Waals surface area contributed by atoms with E-state index in [2.05, 4.69) is 31.4 Å². The molecule has 1 aliphatic rings. The summed E-state index contributed by atoms with van der Waals surface area (Å²) in [6.45, 7) is 0.467. The second-order valence-electron chi connectivity index (χ2n) is 6.52. The fourth-order valence-corrected chi connectivity index (χ4v) is 4.98. The molecule has 1 N–H and O–H groups in total. The summed E-state index contributed by atoms with van der Waals surface area (Å²) in [4.78, 5) is 12.9. The lowest BCUT2D eigenvalue weighted by Crippen LogP contribution is -2.43. The van der Waals surface area contributed by atoms with Gasteiger partial charge in [-0.3, -0.25) is 10.1 Å². The lowest BCUT2D eigenvalue weighted by molar-refractivity contribution is -0.121. The van der Waals surface area contributed by atoms with Crippen LogP contribution in [0.3, 0.4) is 0 Å². The molecule has 1 aromatic carbocycles. The van der Waals surface area contributed by atoms with Crippen LogP contribution in [0, 0.1) is 5.92 Å². The van der Waals surface area contributed by atoms with Crippen molar-refractivity contribution >= 4 is 37.9 Å². The van der Waals surface area contributed by atoms with Gasteiger partial charge in [0.15, 0.2) is 10.4 Å². The molecule has 1 atom stereocenters. The van der Waals surface area contributed by atoms with Gasteiger partial charge in [0.05, 0.1) is 10.8 Å². The summed E-state index contributed by atoms with van der Waals surface area (Å²) in [6.07, 6.45) is 1.15. The molecule has 2 aromatic heterocycles. The van der Waals surface area contributed by atoms with Crippen LogP contribution in [0.5, 0.6) is 0 Å². The van der Waals surface area contributed by atoms with Crippen LogP contribution in [0.2, 0.25) is 0 Å². The first-order valence-corrected chi connectivity index (χ1v) is 11.1. The molecule has 152 valence electrons. The van der Waals surface area contributed by atoms with E-state index in [4.69, 9.17) is 8.83 Å². The molecule has 1 unspecified atom stereocenters. The number of nitrogens with one attached hydrogen (secondary N) is 1. The van der Waals surface area contributed by atoms with Crippen molar-refractivity contribution in [3.63, 3.8) is 0 Å². The van der Waals surface area contributed by atoms with Gasteiger partial charge in [-0.25, -0.2) is 8.42 Å². The fourth-order valence-electron chi connectivity index (χ4n) is 3.13. The van der Waals surface area contributed by atoms with E-state index < -0.39 is 15.9 Å². The summed E-state index contributed by atoms with van der Waals surface area (Å²) in [5, 5.41) is 10.2. The Morgan fingerprint density at radius 3 is 2.66 bits per heavy atom. The minimum absolute atomic E-state index is 0.0689. The molecular formula is C18H17BrN4O5S. The Bertz CT molecular complexity index is 1110. The van der Waals surface area contributed by atoms with Gasteiger partial charge in [0.25, 0.3) is 5.89 Å². The number of hydrogen-bond acceptors (Lipinski definition) is 7. The number of carbonyl (C=O) groups is 1. The van der Waals surface area contributed by atoms with Gasteiger partial charge in [-0.05, 0) is 53.0 Å². The highest BCUT2D eigenvalue weighted by Gasteiger charge is 2.33. The molecule has 0 bridgehead atoms. The molecule has 11 heteroatoms. The fraction of sp³-hybridized carbons (Fsp3) is 0.278. The van der Waals surface area contributed by atoms with Crippen LogP contribution < -0.4 is 5.32 Å². The van der Waals surface area contributed by atoms with Gasteiger partial charge < -0.3 is 8.83 Å². The maximum absolute atomic E-state index is 12.8. The number of piperidine rings is 1. The first-order valence-electron chi connectivity index (χ1n) is 8.89. The largest absolute Gasteiger partial charge is 0.444 e. The molecule has 1 amide bonds.